The van der Waals surface area contributed by atoms with Crippen LogP contribution in [0.2, 0.25) is 0 Å². The third-order valence-electron chi connectivity index (χ3n) is 3.95. The Morgan fingerprint density at radius 1 is 1.25 bits per heavy atom. The molecular formula is C19H13N3O5S. The predicted molar refractivity (Wildman–Crippen MR) is 104 cm³/mol. The average molecular weight is 395 g/mol. The van der Waals surface area contributed by atoms with Crippen molar-refractivity contribution in [3.05, 3.63) is 59.0 Å². The normalized spacial score (nSPS) is 15.1. The van der Waals surface area contributed by atoms with E-state index in [4.69, 9.17) is 9.15 Å². The van der Waals surface area contributed by atoms with E-state index in [1.165, 1.54) is 12.3 Å². The number of nitrogens with one attached hydrogen (secondary N) is 2. The Labute approximate surface area is 162 Å². The smallest absolute Gasteiger partial charge is 0.290 e. The molecule has 3 aromatic rings. The van der Waals surface area contributed by atoms with Gasteiger partial charge >= 0.3 is 0 Å². The fourth-order valence-electron chi connectivity index (χ4n) is 2.64. The van der Waals surface area contributed by atoms with Gasteiger partial charge in [0, 0.05) is 29.5 Å². The number of furan rings is 1. The van der Waals surface area contributed by atoms with E-state index in [-0.39, 0.29) is 16.4 Å². The van der Waals surface area contributed by atoms with E-state index >= 15 is 0 Å². The summed E-state index contributed by atoms with van der Waals surface area (Å²) in [6.07, 6.45) is 4.41. The second kappa shape index (κ2) is 7.20. The Hall–Kier alpha value is -3.59. The lowest BCUT2D eigenvalue weighted by molar-refractivity contribution is -0.115. The van der Waals surface area contributed by atoms with Crippen molar-refractivity contribution >= 4 is 51.5 Å². The van der Waals surface area contributed by atoms with Gasteiger partial charge in [0.05, 0.1) is 12.0 Å². The molecule has 1 fully saturated rings. The maximum Gasteiger partial charge on any atom is 0.290 e. The number of benzene rings is 1. The van der Waals surface area contributed by atoms with Crippen LogP contribution in [0.5, 0.6) is 5.75 Å². The van der Waals surface area contributed by atoms with E-state index in [2.05, 4.69) is 15.6 Å². The summed E-state index contributed by atoms with van der Waals surface area (Å²) < 4.78 is 10.8. The molecule has 4 rings (SSSR count). The maximum absolute atomic E-state index is 12.7. The Morgan fingerprint density at radius 2 is 2.04 bits per heavy atom. The molecule has 0 unspecified atom stereocenters. The molecule has 0 bridgehead atoms. The number of nitrogens with zero attached hydrogens (tertiary/aromatic N) is 1. The van der Waals surface area contributed by atoms with Crippen LogP contribution >= 0.6 is 11.8 Å². The van der Waals surface area contributed by atoms with Crippen molar-refractivity contribution in [1.29, 1.82) is 0 Å². The number of fused-ring (bicyclic) bond motifs is 1. The molecule has 2 aromatic heterocycles. The van der Waals surface area contributed by atoms with Crippen LogP contribution in [0.1, 0.15) is 16.1 Å². The summed E-state index contributed by atoms with van der Waals surface area (Å²) in [5.41, 5.74) is 1.18. The van der Waals surface area contributed by atoms with E-state index in [1.54, 1.807) is 43.6 Å². The zero-order valence-corrected chi connectivity index (χ0v) is 15.3. The number of imide groups is 1. The molecule has 9 heteroatoms. The fraction of sp³-hybridized carbons (Fsp3) is 0.0526. The third-order valence-corrected chi connectivity index (χ3v) is 4.76. The van der Waals surface area contributed by atoms with Crippen LogP contribution in [0, 0.1) is 0 Å². The molecule has 0 atom stereocenters. The minimum absolute atomic E-state index is 0.223. The number of hydrogen-bond acceptors (Lipinski definition) is 7. The predicted octanol–water partition coefficient (Wildman–Crippen LogP) is 3.41. The first-order valence-electron chi connectivity index (χ1n) is 8.11. The highest BCUT2D eigenvalue weighted by molar-refractivity contribution is 8.18. The SMILES string of the molecule is COc1ccc(NC(=O)c2cncc3cc(/C=C4\SC(=O)NC4=O)oc23)cc1. The molecule has 0 aliphatic carbocycles. The second-order valence-electron chi connectivity index (χ2n) is 5.79. The molecule has 1 aliphatic rings. The van der Waals surface area contributed by atoms with Crippen LogP contribution in [-0.4, -0.2) is 29.1 Å². The molecule has 2 N–H and O–H groups in total. The summed E-state index contributed by atoms with van der Waals surface area (Å²) in [5.74, 6) is 0.151. The zero-order valence-electron chi connectivity index (χ0n) is 14.5. The molecule has 28 heavy (non-hydrogen) atoms. The first-order valence-corrected chi connectivity index (χ1v) is 8.93. The molecule has 1 aliphatic heterocycles. The van der Waals surface area contributed by atoms with Crippen LogP contribution in [0.4, 0.5) is 10.5 Å². The van der Waals surface area contributed by atoms with Crippen LogP contribution in [-0.2, 0) is 4.79 Å². The van der Waals surface area contributed by atoms with Crippen molar-refractivity contribution in [3.63, 3.8) is 0 Å². The average Bonchev–Trinajstić information content (AvgIpc) is 3.24. The molecule has 1 aromatic carbocycles. The monoisotopic (exact) mass is 395 g/mol. The van der Waals surface area contributed by atoms with Gasteiger partial charge in [-0.2, -0.15) is 0 Å². The number of carbonyl (C=O) groups is 3. The summed E-state index contributed by atoms with van der Waals surface area (Å²) in [6.45, 7) is 0. The molecular weight excluding hydrogens is 382 g/mol. The lowest BCUT2D eigenvalue weighted by Crippen LogP contribution is -2.17. The largest absolute Gasteiger partial charge is 0.497 e. The Balaban J connectivity index is 1.63. The number of amides is 3. The molecule has 0 spiro atoms. The van der Waals surface area contributed by atoms with Crippen molar-refractivity contribution in [2.24, 2.45) is 0 Å². The van der Waals surface area contributed by atoms with Crippen molar-refractivity contribution in [3.8, 4) is 5.75 Å². The third kappa shape index (κ3) is 3.47. The first-order chi connectivity index (χ1) is 13.5. The van der Waals surface area contributed by atoms with Gasteiger partial charge in [-0.1, -0.05) is 0 Å². The minimum atomic E-state index is -0.481. The van der Waals surface area contributed by atoms with Crippen LogP contribution < -0.4 is 15.4 Å². The Morgan fingerprint density at radius 3 is 2.71 bits per heavy atom. The molecule has 0 saturated carbocycles. The summed E-state index contributed by atoms with van der Waals surface area (Å²) in [4.78, 5) is 39.9. The molecule has 3 amide bonds. The van der Waals surface area contributed by atoms with E-state index in [0.29, 0.717) is 28.2 Å². The Kier molecular flexibility index (Phi) is 4.58. The highest BCUT2D eigenvalue weighted by atomic mass is 32.2. The minimum Gasteiger partial charge on any atom is -0.497 e. The van der Waals surface area contributed by atoms with Gasteiger partial charge in [0.2, 0.25) is 0 Å². The first kappa shape index (κ1) is 17.8. The number of anilines is 1. The van der Waals surface area contributed by atoms with Crippen LogP contribution in [0.15, 0.2) is 52.0 Å². The highest BCUT2D eigenvalue weighted by Gasteiger charge is 2.25. The van der Waals surface area contributed by atoms with Gasteiger partial charge in [-0.25, -0.2) is 0 Å². The maximum atomic E-state index is 12.7. The van der Waals surface area contributed by atoms with Crippen molar-refractivity contribution in [2.75, 3.05) is 12.4 Å². The number of hydrogen-bond donors (Lipinski definition) is 2. The summed E-state index contributed by atoms with van der Waals surface area (Å²) in [5, 5.41) is 5.11. The molecule has 0 radical (unpaired) electrons. The van der Waals surface area contributed by atoms with E-state index in [9.17, 15) is 14.4 Å². The van der Waals surface area contributed by atoms with Gasteiger partial charge in [0.25, 0.3) is 17.1 Å². The zero-order chi connectivity index (χ0) is 19.7. The molecule has 3 heterocycles. The molecule has 1 saturated heterocycles. The lowest BCUT2D eigenvalue weighted by atomic mass is 10.2. The number of rotatable bonds is 4. The molecule has 8 nitrogen and oxygen atoms in total. The van der Waals surface area contributed by atoms with Gasteiger partial charge < -0.3 is 14.5 Å². The molecule has 140 valence electrons. The quantitative estimate of drug-likeness (QED) is 0.651. The van der Waals surface area contributed by atoms with Gasteiger partial charge in [0.15, 0.2) is 5.58 Å². The number of ether oxygens (including phenoxy) is 1. The number of methoxy groups -OCH3 is 1. The van der Waals surface area contributed by atoms with Gasteiger partial charge in [-0.15, -0.1) is 0 Å². The van der Waals surface area contributed by atoms with E-state index < -0.39 is 11.1 Å². The van der Waals surface area contributed by atoms with Gasteiger partial charge in [0.1, 0.15) is 17.1 Å². The topological polar surface area (TPSA) is 111 Å². The number of aromatic nitrogens is 1. The van der Waals surface area contributed by atoms with E-state index in [1.807, 2.05) is 0 Å². The summed E-state index contributed by atoms with van der Waals surface area (Å²) in [6, 6.07) is 8.55. The van der Waals surface area contributed by atoms with Crippen molar-refractivity contribution in [2.45, 2.75) is 0 Å². The summed E-state index contributed by atoms with van der Waals surface area (Å²) in [7, 11) is 1.56. The van der Waals surface area contributed by atoms with Gasteiger partial charge in [-0.3, -0.25) is 24.7 Å². The highest BCUT2D eigenvalue weighted by Crippen LogP contribution is 2.29. The van der Waals surface area contributed by atoms with Crippen LogP contribution in [0.25, 0.3) is 17.0 Å². The van der Waals surface area contributed by atoms with Crippen LogP contribution in [0.3, 0.4) is 0 Å². The fourth-order valence-corrected chi connectivity index (χ4v) is 3.30. The standard InChI is InChI=1S/C19H13N3O5S/c1-26-12-4-2-11(3-5-12)21-17(23)14-9-20-8-10-6-13(27-16(10)14)7-15-18(24)22-19(25)28-15/h2-9H,1H3,(H,21,23)(H,22,24,25)/b15-7-. The van der Waals surface area contributed by atoms with E-state index in [0.717, 1.165) is 11.8 Å². The number of carbonyl (C=O) groups excluding carboxylic acids is 3. The summed E-state index contributed by atoms with van der Waals surface area (Å²) >= 11 is 0.790. The van der Waals surface area contributed by atoms with Crippen molar-refractivity contribution < 1.29 is 23.5 Å². The van der Waals surface area contributed by atoms with Crippen molar-refractivity contribution in [1.82, 2.24) is 10.3 Å². The van der Waals surface area contributed by atoms with Gasteiger partial charge in [-0.05, 0) is 42.1 Å². The number of thioether (sulfide) groups is 1. The second-order valence-corrected chi connectivity index (χ2v) is 6.80. The lowest BCUT2D eigenvalue weighted by Gasteiger charge is -2.06. The number of pyridine rings is 1. The Bertz CT molecular complexity index is 1130.